The number of sulfonamides is 1. The van der Waals surface area contributed by atoms with Crippen molar-refractivity contribution in [1.29, 1.82) is 0 Å². The second kappa shape index (κ2) is 14.0. The third-order valence-corrected chi connectivity index (χ3v) is 8.91. The van der Waals surface area contributed by atoms with Gasteiger partial charge in [0.15, 0.2) is 0 Å². The molecule has 1 N–H and O–H groups in total. The molecule has 1 atom stereocenters. The van der Waals surface area contributed by atoms with E-state index in [0.717, 1.165) is 43.6 Å². The fourth-order valence-electron chi connectivity index (χ4n) is 5.18. The zero-order chi connectivity index (χ0) is 32.1. The molecule has 0 spiro atoms. The monoisotopic (exact) mass is 653 g/mol. The van der Waals surface area contributed by atoms with Crippen LogP contribution in [0.4, 0.5) is 23.2 Å². The van der Waals surface area contributed by atoms with E-state index in [9.17, 15) is 35.6 Å². The van der Waals surface area contributed by atoms with Gasteiger partial charge in [0.25, 0.3) is 0 Å². The highest BCUT2D eigenvalue weighted by Gasteiger charge is 2.36. The number of halogens is 5. The first-order valence-corrected chi connectivity index (χ1v) is 16.2. The molecule has 44 heavy (non-hydrogen) atoms. The molecule has 0 heterocycles. The molecule has 3 aromatic carbocycles. The first kappa shape index (κ1) is 33.3. The highest BCUT2D eigenvalue weighted by Crippen LogP contribution is 2.36. The molecule has 1 aliphatic rings. The lowest BCUT2D eigenvalue weighted by molar-refractivity contribution is -0.140. The van der Waals surface area contributed by atoms with Crippen molar-refractivity contribution in [3.05, 3.63) is 100 Å². The van der Waals surface area contributed by atoms with Crippen molar-refractivity contribution in [2.45, 2.75) is 56.9 Å². The van der Waals surface area contributed by atoms with Crippen molar-refractivity contribution < 1.29 is 35.6 Å². The van der Waals surface area contributed by atoms with Crippen LogP contribution in [-0.2, 0) is 38.8 Å². The van der Waals surface area contributed by atoms with Crippen LogP contribution in [0.25, 0.3) is 0 Å². The Hall–Kier alpha value is -3.64. The van der Waals surface area contributed by atoms with Crippen LogP contribution in [0.1, 0.15) is 42.4 Å². The van der Waals surface area contributed by atoms with Crippen molar-refractivity contribution in [3.8, 4) is 0 Å². The summed E-state index contributed by atoms with van der Waals surface area (Å²) in [4.78, 5) is 29.1. The number of nitrogens with zero attached hydrogens (tertiary/aromatic N) is 2. The maximum atomic E-state index is 14.1. The summed E-state index contributed by atoms with van der Waals surface area (Å²) in [6, 6.07) is 15.1. The SMILES string of the molecule is CS(=O)(=O)N(CC(=O)N(Cc1ccc(F)cc1)[C@@H](Cc1ccccc1)C(=O)NC1CCCC1)c1cc(C(F)(F)F)ccc1Cl. The van der Waals surface area contributed by atoms with E-state index < -0.39 is 57.7 Å². The lowest BCUT2D eigenvalue weighted by Crippen LogP contribution is -2.54. The van der Waals surface area contributed by atoms with E-state index in [2.05, 4.69) is 5.32 Å². The van der Waals surface area contributed by atoms with E-state index in [1.54, 1.807) is 30.3 Å². The van der Waals surface area contributed by atoms with E-state index in [4.69, 9.17) is 11.6 Å². The normalized spacial score (nSPS) is 14.7. The highest BCUT2D eigenvalue weighted by atomic mass is 35.5. The summed E-state index contributed by atoms with van der Waals surface area (Å²) in [5.41, 5.74) is -0.514. The maximum absolute atomic E-state index is 14.1. The number of hydrogen-bond acceptors (Lipinski definition) is 4. The molecule has 4 rings (SSSR count). The summed E-state index contributed by atoms with van der Waals surface area (Å²) in [7, 11) is -4.35. The Kier molecular flexibility index (Phi) is 10.6. The average Bonchev–Trinajstić information content (AvgIpc) is 3.47. The predicted octanol–water partition coefficient (Wildman–Crippen LogP) is 5.96. The number of carbonyl (C=O) groups is 2. The average molecular weight is 654 g/mol. The van der Waals surface area contributed by atoms with E-state index in [-0.39, 0.29) is 24.0 Å². The molecular weight excluding hydrogens is 622 g/mol. The Bertz CT molecular complexity index is 1560. The molecule has 7 nitrogen and oxygen atoms in total. The van der Waals surface area contributed by atoms with Gasteiger partial charge in [-0.3, -0.25) is 13.9 Å². The Morgan fingerprint density at radius 3 is 2.20 bits per heavy atom. The van der Waals surface area contributed by atoms with Crippen molar-refractivity contribution in [2.24, 2.45) is 0 Å². The van der Waals surface area contributed by atoms with E-state index in [1.807, 2.05) is 0 Å². The zero-order valence-corrected chi connectivity index (χ0v) is 25.4. The zero-order valence-electron chi connectivity index (χ0n) is 23.9. The molecule has 0 aliphatic heterocycles. The minimum atomic E-state index is -4.81. The van der Waals surface area contributed by atoms with Gasteiger partial charge in [-0.15, -0.1) is 0 Å². The summed E-state index contributed by atoms with van der Waals surface area (Å²) in [6.07, 6.45) is -0.580. The van der Waals surface area contributed by atoms with Crippen LogP contribution in [0.2, 0.25) is 5.02 Å². The molecule has 13 heteroatoms. The van der Waals surface area contributed by atoms with Crippen LogP contribution in [0.3, 0.4) is 0 Å². The van der Waals surface area contributed by atoms with Crippen molar-refractivity contribution in [1.82, 2.24) is 10.2 Å². The van der Waals surface area contributed by atoms with Gasteiger partial charge >= 0.3 is 6.18 Å². The number of carbonyl (C=O) groups excluding carboxylic acids is 2. The summed E-state index contributed by atoms with van der Waals surface area (Å²) >= 11 is 6.17. The third-order valence-electron chi connectivity index (χ3n) is 7.46. The molecule has 0 aromatic heterocycles. The lowest BCUT2D eigenvalue weighted by atomic mass is 10.0. The molecule has 1 saturated carbocycles. The van der Waals surface area contributed by atoms with Gasteiger partial charge in [0.05, 0.1) is 22.5 Å². The molecule has 2 amide bonds. The lowest BCUT2D eigenvalue weighted by Gasteiger charge is -2.34. The molecule has 1 aliphatic carbocycles. The van der Waals surface area contributed by atoms with Gasteiger partial charge in [-0.1, -0.05) is 66.9 Å². The fourth-order valence-corrected chi connectivity index (χ4v) is 6.31. The number of rotatable bonds is 11. The van der Waals surface area contributed by atoms with Gasteiger partial charge in [0.1, 0.15) is 18.4 Å². The van der Waals surface area contributed by atoms with Crippen LogP contribution >= 0.6 is 11.6 Å². The molecule has 0 radical (unpaired) electrons. The van der Waals surface area contributed by atoms with Gasteiger partial charge in [-0.05, 0) is 54.3 Å². The first-order valence-electron chi connectivity index (χ1n) is 13.9. The Morgan fingerprint density at radius 1 is 0.977 bits per heavy atom. The Labute approximate surface area is 258 Å². The molecule has 0 unspecified atom stereocenters. The topological polar surface area (TPSA) is 86.8 Å². The van der Waals surface area contributed by atoms with Gasteiger partial charge in [-0.2, -0.15) is 13.2 Å². The number of hydrogen-bond donors (Lipinski definition) is 1. The fraction of sp³-hybridized carbons (Fsp3) is 0.355. The van der Waals surface area contributed by atoms with Crippen LogP contribution in [0.15, 0.2) is 72.8 Å². The Morgan fingerprint density at radius 2 is 1.61 bits per heavy atom. The van der Waals surface area contributed by atoms with Gasteiger partial charge in [0.2, 0.25) is 21.8 Å². The highest BCUT2D eigenvalue weighted by molar-refractivity contribution is 7.92. The van der Waals surface area contributed by atoms with Crippen molar-refractivity contribution in [2.75, 3.05) is 17.1 Å². The van der Waals surface area contributed by atoms with Gasteiger partial charge < -0.3 is 10.2 Å². The smallest absolute Gasteiger partial charge is 0.352 e. The minimum Gasteiger partial charge on any atom is -0.352 e. The van der Waals surface area contributed by atoms with E-state index in [0.29, 0.717) is 22.0 Å². The molecular formula is C31H32ClF4N3O4S. The maximum Gasteiger partial charge on any atom is 0.416 e. The van der Waals surface area contributed by atoms with Crippen molar-refractivity contribution in [3.63, 3.8) is 0 Å². The molecule has 3 aromatic rings. The van der Waals surface area contributed by atoms with Crippen LogP contribution < -0.4 is 9.62 Å². The third kappa shape index (κ3) is 8.72. The quantitative estimate of drug-likeness (QED) is 0.259. The predicted molar refractivity (Wildman–Crippen MR) is 160 cm³/mol. The first-order chi connectivity index (χ1) is 20.7. The summed E-state index contributed by atoms with van der Waals surface area (Å²) in [6.45, 7) is -1.15. The van der Waals surface area contributed by atoms with Crippen molar-refractivity contribution >= 4 is 39.1 Å². The number of nitrogens with one attached hydrogen (secondary N) is 1. The van der Waals surface area contributed by atoms with E-state index in [1.165, 1.54) is 29.2 Å². The number of anilines is 1. The summed E-state index contributed by atoms with van der Waals surface area (Å²) in [5, 5.41) is 2.69. The van der Waals surface area contributed by atoms with E-state index >= 15 is 0 Å². The van der Waals surface area contributed by atoms with Gasteiger partial charge in [0, 0.05) is 19.0 Å². The summed E-state index contributed by atoms with van der Waals surface area (Å²) in [5.74, 6) is -1.84. The standard InChI is InChI=1S/C31H32ClF4N3O4S/c1-44(42,43)39(27-18-23(31(34,35)36)13-16-26(27)32)20-29(40)38(19-22-11-14-24(33)15-12-22)28(17-21-7-3-2-4-8-21)30(41)37-25-9-5-6-10-25/h2-4,7-8,11-16,18,25,28H,5-6,9-10,17,19-20H2,1H3,(H,37,41)/t28-/m0/s1. The molecule has 1 fully saturated rings. The molecule has 0 saturated heterocycles. The second-order valence-electron chi connectivity index (χ2n) is 10.8. The van der Waals surface area contributed by atoms with Crippen LogP contribution in [-0.4, -0.2) is 50.0 Å². The second-order valence-corrected chi connectivity index (χ2v) is 13.1. The van der Waals surface area contributed by atoms with Crippen LogP contribution in [0.5, 0.6) is 0 Å². The van der Waals surface area contributed by atoms with Gasteiger partial charge in [-0.25, -0.2) is 12.8 Å². The molecule has 236 valence electrons. The number of benzene rings is 3. The number of amides is 2. The summed E-state index contributed by atoms with van der Waals surface area (Å²) < 4.78 is 80.7. The molecule has 0 bridgehead atoms. The number of alkyl halides is 3. The Balaban J connectivity index is 1.76. The largest absolute Gasteiger partial charge is 0.416 e. The minimum absolute atomic E-state index is 0.0650. The van der Waals surface area contributed by atoms with Crippen LogP contribution in [0, 0.1) is 5.82 Å².